The van der Waals surface area contributed by atoms with Crippen molar-refractivity contribution in [3.63, 3.8) is 0 Å². The number of nitro groups is 1. The number of alkyl halides is 3. The molecule has 130 valence electrons. The molecule has 0 aliphatic rings. The third kappa shape index (κ3) is 3.97. The first-order valence-electron chi connectivity index (χ1n) is 7.02. The fourth-order valence-corrected chi connectivity index (χ4v) is 2.03. The summed E-state index contributed by atoms with van der Waals surface area (Å²) < 4.78 is 39.6. The zero-order valence-corrected chi connectivity index (χ0v) is 13.0. The molecule has 0 aliphatic heterocycles. The predicted molar refractivity (Wildman–Crippen MR) is 78.5 cm³/mol. The van der Waals surface area contributed by atoms with Gasteiger partial charge in [0.2, 0.25) is 5.82 Å². The van der Waals surface area contributed by atoms with E-state index in [1.807, 2.05) is 0 Å². The number of aromatic nitrogens is 4. The molecule has 0 bridgehead atoms. The summed E-state index contributed by atoms with van der Waals surface area (Å²) in [6.45, 7) is 3.70. The lowest BCUT2D eigenvalue weighted by molar-refractivity contribution is -0.396. The van der Waals surface area contributed by atoms with Gasteiger partial charge in [-0.2, -0.15) is 13.2 Å². The van der Waals surface area contributed by atoms with Crippen LogP contribution < -0.4 is 5.32 Å². The number of hydrogen-bond acceptors (Lipinski definition) is 6. The van der Waals surface area contributed by atoms with Crippen LogP contribution in [0.4, 0.5) is 24.9 Å². The van der Waals surface area contributed by atoms with Crippen LogP contribution in [0.5, 0.6) is 0 Å². The van der Waals surface area contributed by atoms with Crippen molar-refractivity contribution < 1.29 is 18.1 Å². The van der Waals surface area contributed by atoms with Gasteiger partial charge in [-0.25, -0.2) is 14.5 Å². The Bertz CT molecular complexity index is 744. The summed E-state index contributed by atoms with van der Waals surface area (Å²) in [4.78, 5) is 20.7. The maximum absolute atomic E-state index is 12.7. The molecule has 1 N–H and O–H groups in total. The molecule has 24 heavy (non-hydrogen) atoms. The fourth-order valence-electron chi connectivity index (χ4n) is 2.03. The van der Waals surface area contributed by atoms with Crippen LogP contribution in [0.2, 0.25) is 0 Å². The van der Waals surface area contributed by atoms with Crippen LogP contribution in [-0.4, -0.2) is 31.0 Å². The van der Waals surface area contributed by atoms with Gasteiger partial charge in [-0.05, 0) is 25.2 Å². The van der Waals surface area contributed by atoms with Crippen molar-refractivity contribution in [2.24, 2.45) is 0 Å². The summed E-state index contributed by atoms with van der Waals surface area (Å²) in [6.07, 6.45) is -1.38. The number of nitrogens with zero attached hydrogens (tertiary/aromatic N) is 5. The topological polar surface area (TPSA) is 98.8 Å². The number of rotatable bonds is 6. The van der Waals surface area contributed by atoms with Gasteiger partial charge in [0.05, 0.1) is 6.54 Å². The van der Waals surface area contributed by atoms with Crippen molar-refractivity contribution >= 4 is 11.8 Å². The van der Waals surface area contributed by atoms with Gasteiger partial charge in [0.25, 0.3) is 0 Å². The number of halogens is 3. The quantitative estimate of drug-likeness (QED) is 0.491. The Kier molecular flexibility index (Phi) is 5.00. The maximum Gasteiger partial charge on any atom is 0.451 e. The highest BCUT2D eigenvalue weighted by molar-refractivity contribution is 5.45. The molecule has 0 aromatic carbocycles. The molecule has 2 rings (SSSR count). The number of hydrogen-bond donors (Lipinski definition) is 1. The van der Waals surface area contributed by atoms with Crippen molar-refractivity contribution in [2.45, 2.75) is 33.0 Å². The highest BCUT2D eigenvalue weighted by Gasteiger charge is 2.35. The van der Waals surface area contributed by atoms with E-state index in [0.717, 1.165) is 0 Å². The average Bonchev–Trinajstić information content (AvgIpc) is 2.95. The Morgan fingerprint density at radius 3 is 2.67 bits per heavy atom. The Balaban J connectivity index is 2.01. The van der Waals surface area contributed by atoms with Crippen molar-refractivity contribution in [3.05, 3.63) is 39.6 Å². The molecule has 0 radical (unpaired) electrons. The van der Waals surface area contributed by atoms with Gasteiger partial charge in [-0.3, -0.25) is 0 Å². The molecule has 0 saturated carbocycles. The average molecular weight is 344 g/mol. The van der Waals surface area contributed by atoms with Gasteiger partial charge in [0.15, 0.2) is 0 Å². The van der Waals surface area contributed by atoms with Gasteiger partial charge in [0, 0.05) is 17.8 Å². The second-order valence-electron chi connectivity index (χ2n) is 5.06. The molecule has 0 saturated heterocycles. The summed E-state index contributed by atoms with van der Waals surface area (Å²) in [5, 5.41) is 13.6. The van der Waals surface area contributed by atoms with Gasteiger partial charge in [0.1, 0.15) is 18.2 Å². The molecule has 0 spiro atoms. The Morgan fingerprint density at radius 2 is 2.04 bits per heavy atom. The van der Waals surface area contributed by atoms with Gasteiger partial charge in [-0.1, -0.05) is 4.98 Å². The smallest absolute Gasteiger partial charge is 0.390 e. The number of imidazole rings is 1. The Morgan fingerprint density at radius 1 is 1.33 bits per heavy atom. The zero-order chi connectivity index (χ0) is 17.9. The van der Waals surface area contributed by atoms with E-state index in [2.05, 4.69) is 20.3 Å². The number of aryl methyl sites for hydroxylation is 2. The van der Waals surface area contributed by atoms with E-state index in [0.29, 0.717) is 25.1 Å². The summed E-state index contributed by atoms with van der Waals surface area (Å²) in [5.41, 5.74) is 0.765. The van der Waals surface area contributed by atoms with Crippen molar-refractivity contribution in [1.29, 1.82) is 0 Å². The SMILES string of the molecule is Cc1nc(C(F)(F)F)nc(NCCCn2ccnc2[N+](=O)[O-])c1C. The van der Waals surface area contributed by atoms with E-state index in [4.69, 9.17) is 0 Å². The minimum Gasteiger partial charge on any atom is -0.390 e. The lowest BCUT2D eigenvalue weighted by atomic mass is 10.2. The van der Waals surface area contributed by atoms with E-state index in [9.17, 15) is 23.3 Å². The monoisotopic (exact) mass is 344 g/mol. The van der Waals surface area contributed by atoms with Gasteiger partial charge >= 0.3 is 12.1 Å². The largest absolute Gasteiger partial charge is 0.451 e. The zero-order valence-electron chi connectivity index (χ0n) is 13.0. The Hall–Kier alpha value is -2.72. The first kappa shape index (κ1) is 17.6. The third-order valence-electron chi connectivity index (χ3n) is 3.37. The van der Waals surface area contributed by atoms with Crippen LogP contribution >= 0.6 is 0 Å². The minimum atomic E-state index is -4.62. The first-order valence-corrected chi connectivity index (χ1v) is 7.02. The van der Waals surface area contributed by atoms with Crippen LogP contribution in [0.3, 0.4) is 0 Å². The molecule has 0 aliphatic carbocycles. The van der Waals surface area contributed by atoms with Crippen LogP contribution in [0.25, 0.3) is 0 Å². The van der Waals surface area contributed by atoms with Gasteiger partial charge < -0.3 is 15.4 Å². The third-order valence-corrected chi connectivity index (χ3v) is 3.37. The first-order chi connectivity index (χ1) is 11.2. The normalized spacial score (nSPS) is 11.5. The van der Waals surface area contributed by atoms with E-state index < -0.39 is 16.9 Å². The summed E-state index contributed by atoms with van der Waals surface area (Å²) in [7, 11) is 0. The second kappa shape index (κ2) is 6.81. The molecular formula is C13H15F3N6O2. The molecule has 8 nitrogen and oxygen atoms in total. The second-order valence-corrected chi connectivity index (χ2v) is 5.06. The maximum atomic E-state index is 12.7. The number of anilines is 1. The minimum absolute atomic E-state index is 0.106. The summed E-state index contributed by atoms with van der Waals surface area (Å²) in [6, 6.07) is 0. The molecule has 2 aromatic rings. The van der Waals surface area contributed by atoms with E-state index in [1.54, 1.807) is 6.92 Å². The highest BCUT2D eigenvalue weighted by atomic mass is 19.4. The molecule has 0 amide bonds. The summed E-state index contributed by atoms with van der Waals surface area (Å²) in [5.74, 6) is -1.36. The fraction of sp³-hybridized carbons (Fsp3) is 0.462. The lowest BCUT2D eigenvalue weighted by Gasteiger charge is -2.13. The van der Waals surface area contributed by atoms with Gasteiger partial charge in [-0.15, -0.1) is 0 Å². The Labute approximate surface area is 134 Å². The molecule has 2 aromatic heterocycles. The van der Waals surface area contributed by atoms with Crippen molar-refractivity contribution in [3.8, 4) is 0 Å². The highest BCUT2D eigenvalue weighted by Crippen LogP contribution is 2.28. The molecule has 0 fully saturated rings. The molecule has 11 heteroatoms. The van der Waals surface area contributed by atoms with Crippen LogP contribution in [0.1, 0.15) is 23.5 Å². The van der Waals surface area contributed by atoms with Crippen LogP contribution in [0.15, 0.2) is 12.4 Å². The molecule has 0 unspecified atom stereocenters. The van der Waals surface area contributed by atoms with E-state index in [-0.39, 0.29) is 17.5 Å². The van der Waals surface area contributed by atoms with Crippen molar-refractivity contribution in [1.82, 2.24) is 19.5 Å². The van der Waals surface area contributed by atoms with E-state index in [1.165, 1.54) is 23.9 Å². The molecule has 0 atom stereocenters. The van der Waals surface area contributed by atoms with Crippen LogP contribution in [-0.2, 0) is 12.7 Å². The van der Waals surface area contributed by atoms with Crippen molar-refractivity contribution in [2.75, 3.05) is 11.9 Å². The summed E-state index contributed by atoms with van der Waals surface area (Å²) >= 11 is 0. The van der Waals surface area contributed by atoms with E-state index >= 15 is 0 Å². The number of nitrogens with one attached hydrogen (secondary N) is 1. The standard InChI is InChI=1S/C13H15F3N6O2/c1-8-9(2)19-11(13(14,15)16)20-10(8)17-4-3-6-21-7-5-18-12(21)22(23)24/h5,7H,3-4,6H2,1-2H3,(H,17,19,20). The molecule has 2 heterocycles. The predicted octanol–water partition coefficient (Wildman–Crippen LogP) is 2.72. The molecular weight excluding hydrogens is 329 g/mol. The van der Waals surface area contributed by atoms with Crippen LogP contribution in [0, 0.1) is 24.0 Å². The lowest BCUT2D eigenvalue weighted by Crippen LogP contribution is -2.16.